The molecule has 0 fully saturated rings. The van der Waals surface area contributed by atoms with E-state index in [1.807, 2.05) is 43.0 Å². The Balaban J connectivity index is 2.46. The summed E-state index contributed by atoms with van der Waals surface area (Å²) in [5.41, 5.74) is 9.21. The van der Waals surface area contributed by atoms with Gasteiger partial charge < -0.3 is 10.6 Å². The highest BCUT2D eigenvalue weighted by atomic mass is 15.2. The van der Waals surface area contributed by atoms with E-state index in [1.54, 1.807) is 12.3 Å². The number of hydrogen-bond acceptors (Lipinski definition) is 4. The smallest absolute Gasteiger partial charge is 0.156 e. The Hall–Kier alpha value is -2.54. The molecule has 0 aliphatic carbocycles. The van der Waals surface area contributed by atoms with Gasteiger partial charge in [-0.25, -0.2) is 4.98 Å². The molecule has 19 heavy (non-hydrogen) atoms. The van der Waals surface area contributed by atoms with Crippen molar-refractivity contribution in [2.24, 2.45) is 0 Å². The van der Waals surface area contributed by atoms with Crippen LogP contribution < -0.4 is 10.6 Å². The van der Waals surface area contributed by atoms with E-state index >= 15 is 0 Å². The standard InChI is InChI=1S/C15H16N4/c1-3-19(13-6-4-5-11(2)7-13)15-14(17)8-12(9-16)10-18-15/h4-8,10H,3,17H2,1-2H3. The lowest BCUT2D eigenvalue weighted by molar-refractivity contribution is 0.990. The second-order valence-electron chi connectivity index (χ2n) is 4.33. The van der Waals surface area contributed by atoms with Gasteiger partial charge in [0.2, 0.25) is 0 Å². The van der Waals surface area contributed by atoms with Crippen LogP contribution in [-0.4, -0.2) is 11.5 Å². The van der Waals surface area contributed by atoms with Crippen LogP contribution in [0.25, 0.3) is 0 Å². The largest absolute Gasteiger partial charge is 0.396 e. The van der Waals surface area contributed by atoms with Crippen molar-refractivity contribution >= 4 is 17.2 Å². The molecule has 0 unspecified atom stereocenters. The maximum absolute atomic E-state index is 8.84. The van der Waals surface area contributed by atoms with Gasteiger partial charge in [-0.2, -0.15) is 5.26 Å². The summed E-state index contributed by atoms with van der Waals surface area (Å²) >= 11 is 0. The SMILES string of the molecule is CCN(c1cccc(C)c1)c1ncc(C#N)cc1N. The topological polar surface area (TPSA) is 65.9 Å². The van der Waals surface area contributed by atoms with Gasteiger partial charge in [0.1, 0.15) is 6.07 Å². The maximum Gasteiger partial charge on any atom is 0.156 e. The molecule has 0 aliphatic heterocycles. The number of hydrogen-bond donors (Lipinski definition) is 1. The lowest BCUT2D eigenvalue weighted by Crippen LogP contribution is -2.19. The average Bonchev–Trinajstić information content (AvgIpc) is 2.41. The van der Waals surface area contributed by atoms with Crippen LogP contribution in [0.1, 0.15) is 18.1 Å². The first-order valence-corrected chi connectivity index (χ1v) is 6.15. The summed E-state index contributed by atoms with van der Waals surface area (Å²) in [4.78, 5) is 6.34. The van der Waals surface area contributed by atoms with Crippen molar-refractivity contribution in [1.82, 2.24) is 4.98 Å². The van der Waals surface area contributed by atoms with Gasteiger partial charge in [0.05, 0.1) is 11.3 Å². The van der Waals surface area contributed by atoms with Crippen molar-refractivity contribution < 1.29 is 0 Å². The van der Waals surface area contributed by atoms with Crippen LogP contribution in [0.2, 0.25) is 0 Å². The summed E-state index contributed by atoms with van der Waals surface area (Å²) in [6.45, 7) is 4.85. The molecular weight excluding hydrogens is 236 g/mol. The fourth-order valence-corrected chi connectivity index (χ4v) is 2.01. The first-order chi connectivity index (χ1) is 9.15. The zero-order valence-electron chi connectivity index (χ0n) is 11.1. The summed E-state index contributed by atoms with van der Waals surface area (Å²) in [5.74, 6) is 0.687. The van der Waals surface area contributed by atoms with E-state index < -0.39 is 0 Å². The minimum Gasteiger partial charge on any atom is -0.396 e. The normalized spacial score (nSPS) is 9.95. The van der Waals surface area contributed by atoms with Gasteiger partial charge in [-0.1, -0.05) is 12.1 Å². The third-order valence-corrected chi connectivity index (χ3v) is 2.91. The van der Waals surface area contributed by atoms with Crippen LogP contribution >= 0.6 is 0 Å². The molecule has 4 heteroatoms. The van der Waals surface area contributed by atoms with Crippen LogP contribution in [0.3, 0.4) is 0 Å². The predicted octanol–water partition coefficient (Wildman–Crippen LogP) is 3.00. The summed E-state index contributed by atoms with van der Waals surface area (Å²) < 4.78 is 0. The molecule has 2 N–H and O–H groups in total. The van der Waals surface area contributed by atoms with E-state index in [2.05, 4.69) is 11.1 Å². The van der Waals surface area contributed by atoms with Gasteiger partial charge in [0.15, 0.2) is 5.82 Å². The van der Waals surface area contributed by atoms with Gasteiger partial charge in [-0.3, -0.25) is 0 Å². The average molecular weight is 252 g/mol. The van der Waals surface area contributed by atoms with Crippen LogP contribution in [0.5, 0.6) is 0 Å². The van der Waals surface area contributed by atoms with Gasteiger partial charge >= 0.3 is 0 Å². The molecule has 4 nitrogen and oxygen atoms in total. The zero-order valence-corrected chi connectivity index (χ0v) is 11.1. The van der Waals surface area contributed by atoms with Gasteiger partial charge in [0, 0.05) is 18.4 Å². The van der Waals surface area contributed by atoms with Gasteiger partial charge in [0.25, 0.3) is 0 Å². The molecule has 1 heterocycles. The number of benzene rings is 1. The number of nitrogens with zero attached hydrogens (tertiary/aromatic N) is 3. The molecule has 2 rings (SSSR count). The van der Waals surface area contributed by atoms with Crippen LogP contribution in [0.15, 0.2) is 36.5 Å². The predicted molar refractivity (Wildman–Crippen MR) is 77.2 cm³/mol. The first-order valence-electron chi connectivity index (χ1n) is 6.15. The fraction of sp³-hybridized carbons (Fsp3) is 0.200. The lowest BCUT2D eigenvalue weighted by atomic mass is 10.2. The Bertz CT molecular complexity index is 628. The number of nitrogens with two attached hydrogens (primary N) is 1. The van der Waals surface area contributed by atoms with Crippen molar-refractivity contribution in [3.05, 3.63) is 47.7 Å². The summed E-state index contributed by atoms with van der Waals surface area (Å²) in [6.07, 6.45) is 1.55. The highest BCUT2D eigenvalue weighted by Crippen LogP contribution is 2.28. The molecule has 0 bridgehead atoms. The Morgan fingerprint density at radius 2 is 2.16 bits per heavy atom. The fourth-order valence-electron chi connectivity index (χ4n) is 2.01. The molecule has 0 amide bonds. The van der Waals surface area contributed by atoms with Crippen LogP contribution in [-0.2, 0) is 0 Å². The molecule has 0 aliphatic rings. The number of aryl methyl sites for hydroxylation is 1. The van der Waals surface area contributed by atoms with Crippen molar-refractivity contribution in [3.8, 4) is 6.07 Å². The molecule has 2 aromatic rings. The molecule has 0 atom stereocenters. The quantitative estimate of drug-likeness (QED) is 0.911. The molecule has 0 spiro atoms. The Labute approximate surface area is 113 Å². The minimum atomic E-state index is 0.474. The minimum absolute atomic E-state index is 0.474. The van der Waals surface area contributed by atoms with Crippen LogP contribution in [0.4, 0.5) is 17.2 Å². The molecule has 0 saturated carbocycles. The molecule has 96 valence electrons. The van der Waals surface area contributed by atoms with Crippen molar-refractivity contribution in [1.29, 1.82) is 5.26 Å². The molecule has 1 aromatic heterocycles. The number of pyridine rings is 1. The molecule has 0 saturated heterocycles. The second kappa shape index (κ2) is 5.40. The number of anilines is 3. The summed E-state index contributed by atoms with van der Waals surface area (Å²) in [6, 6.07) is 11.9. The number of rotatable bonds is 3. The van der Waals surface area contributed by atoms with Crippen molar-refractivity contribution in [3.63, 3.8) is 0 Å². The highest BCUT2D eigenvalue weighted by molar-refractivity contribution is 5.72. The number of aromatic nitrogens is 1. The van der Waals surface area contributed by atoms with Gasteiger partial charge in [-0.15, -0.1) is 0 Å². The monoisotopic (exact) mass is 252 g/mol. The third-order valence-electron chi connectivity index (χ3n) is 2.91. The Kier molecular flexibility index (Phi) is 3.67. The molecule has 1 aromatic carbocycles. The first kappa shape index (κ1) is 12.9. The van der Waals surface area contributed by atoms with E-state index in [1.165, 1.54) is 5.56 Å². The van der Waals surface area contributed by atoms with Gasteiger partial charge in [-0.05, 0) is 37.6 Å². The summed E-state index contributed by atoms with van der Waals surface area (Å²) in [5, 5.41) is 8.84. The third kappa shape index (κ3) is 2.66. The maximum atomic E-state index is 8.84. The number of nitriles is 1. The Morgan fingerprint density at radius 1 is 1.37 bits per heavy atom. The van der Waals surface area contributed by atoms with E-state index in [4.69, 9.17) is 11.0 Å². The Morgan fingerprint density at radius 3 is 2.74 bits per heavy atom. The van der Waals surface area contributed by atoms with E-state index in [0.29, 0.717) is 17.1 Å². The lowest BCUT2D eigenvalue weighted by Gasteiger charge is -2.23. The van der Waals surface area contributed by atoms with Crippen molar-refractivity contribution in [2.75, 3.05) is 17.2 Å². The number of nitrogen functional groups attached to an aromatic ring is 1. The van der Waals surface area contributed by atoms with E-state index in [-0.39, 0.29) is 0 Å². The van der Waals surface area contributed by atoms with Crippen LogP contribution in [0, 0.1) is 18.3 Å². The highest BCUT2D eigenvalue weighted by Gasteiger charge is 2.12. The molecule has 0 radical (unpaired) electrons. The summed E-state index contributed by atoms with van der Waals surface area (Å²) in [7, 11) is 0. The van der Waals surface area contributed by atoms with Crippen molar-refractivity contribution in [2.45, 2.75) is 13.8 Å². The molecular formula is C15H16N4. The second-order valence-corrected chi connectivity index (χ2v) is 4.33. The zero-order chi connectivity index (χ0) is 13.8. The van der Waals surface area contributed by atoms with E-state index in [0.717, 1.165) is 12.2 Å². The van der Waals surface area contributed by atoms with E-state index in [9.17, 15) is 0 Å².